The van der Waals surface area contributed by atoms with Crippen LogP contribution in [-0.2, 0) is 10.3 Å². The van der Waals surface area contributed by atoms with Gasteiger partial charge < -0.3 is 4.74 Å². The van der Waals surface area contributed by atoms with Crippen molar-refractivity contribution >= 4 is 17.4 Å². The van der Waals surface area contributed by atoms with Crippen molar-refractivity contribution in [3.8, 4) is 12.1 Å². The normalized spacial score (nSPS) is 32.6. The molecule has 1 aliphatic rings. The van der Waals surface area contributed by atoms with Gasteiger partial charge in [-0.15, -0.1) is 11.8 Å². The smallest absolute Gasteiger partial charge is 0.217 e. The van der Waals surface area contributed by atoms with Crippen molar-refractivity contribution in [2.75, 3.05) is 6.26 Å². The number of nitrogens with zero attached hydrogens (tertiary/aromatic N) is 6. The monoisotopic (exact) mass is 342 g/mol. The highest BCUT2D eigenvalue weighted by Gasteiger charge is 2.64. The Balaban J connectivity index is 2.30. The third-order valence-corrected chi connectivity index (χ3v) is 5.82. The molecule has 4 atom stereocenters. The summed E-state index contributed by atoms with van der Waals surface area (Å²) in [5, 5.41) is 24.9. The van der Waals surface area contributed by atoms with Crippen LogP contribution in [0.4, 0.5) is 0 Å². The summed E-state index contributed by atoms with van der Waals surface area (Å²) in [4.78, 5) is 8.58. The van der Waals surface area contributed by atoms with E-state index < -0.39 is 11.0 Å². The van der Waals surface area contributed by atoms with E-state index in [1.807, 2.05) is 20.1 Å². The second kappa shape index (κ2) is 5.73. The number of nitriles is 2. The minimum absolute atomic E-state index is 0.0976. The fraction of sp³-hybridized carbons (Fsp3) is 0.562. The average molecular weight is 342 g/mol. The van der Waals surface area contributed by atoms with Crippen LogP contribution in [0, 0.1) is 34.0 Å². The molecule has 0 amide bonds. The maximum Gasteiger partial charge on any atom is 0.217 e. The van der Waals surface area contributed by atoms with Gasteiger partial charge in [0.1, 0.15) is 28.5 Å². The molecule has 3 heterocycles. The van der Waals surface area contributed by atoms with E-state index in [9.17, 15) is 10.5 Å². The second-order valence-electron chi connectivity index (χ2n) is 6.11. The van der Waals surface area contributed by atoms with Crippen LogP contribution < -0.4 is 0 Å². The van der Waals surface area contributed by atoms with Gasteiger partial charge in [0.05, 0.1) is 18.4 Å². The topological polar surface area (TPSA) is 99.9 Å². The summed E-state index contributed by atoms with van der Waals surface area (Å²) in [5.74, 6) is -0.0976. The first kappa shape index (κ1) is 16.7. The molecule has 24 heavy (non-hydrogen) atoms. The fourth-order valence-electron chi connectivity index (χ4n) is 3.47. The summed E-state index contributed by atoms with van der Waals surface area (Å²) >= 11 is 1.45. The standard InChI is InChI=1S/C16H18N6OS/c1-5-11-10(2)15(3,7-17)16(8-18,23-11)12-6-19-13-14(24-4)20-9-21-22(12)13/h6,9-11H,5H2,1-4H3/t10-,11-,15-,16+/m1/s1. The highest BCUT2D eigenvalue weighted by Crippen LogP contribution is 2.56. The second-order valence-corrected chi connectivity index (χ2v) is 6.90. The van der Waals surface area contributed by atoms with Crippen LogP contribution in [0.15, 0.2) is 17.6 Å². The molecular weight excluding hydrogens is 324 g/mol. The van der Waals surface area contributed by atoms with E-state index in [4.69, 9.17) is 4.74 Å². The van der Waals surface area contributed by atoms with E-state index in [0.29, 0.717) is 16.4 Å². The van der Waals surface area contributed by atoms with Crippen molar-refractivity contribution in [2.24, 2.45) is 11.3 Å². The SMILES string of the molecule is CC[C@H]1O[C@@](C#N)(c2cnc3c(SC)ncnn23)[C@](C)(C#N)[C@@H]1C. The molecule has 8 heteroatoms. The molecule has 1 fully saturated rings. The van der Waals surface area contributed by atoms with Crippen molar-refractivity contribution < 1.29 is 4.74 Å². The fourth-order valence-corrected chi connectivity index (χ4v) is 3.94. The lowest BCUT2D eigenvalue weighted by atomic mass is 9.67. The van der Waals surface area contributed by atoms with Crippen LogP contribution in [0.2, 0.25) is 0 Å². The lowest BCUT2D eigenvalue weighted by Crippen LogP contribution is -2.42. The molecule has 0 saturated carbocycles. The van der Waals surface area contributed by atoms with Gasteiger partial charge in [0.15, 0.2) is 5.65 Å². The third kappa shape index (κ3) is 1.90. The minimum Gasteiger partial charge on any atom is -0.349 e. The molecule has 1 saturated heterocycles. The van der Waals surface area contributed by atoms with E-state index in [1.165, 1.54) is 18.1 Å². The molecule has 0 radical (unpaired) electrons. The summed E-state index contributed by atoms with van der Waals surface area (Å²) in [7, 11) is 0. The van der Waals surface area contributed by atoms with Gasteiger partial charge in [0.2, 0.25) is 5.60 Å². The molecule has 124 valence electrons. The summed E-state index contributed by atoms with van der Waals surface area (Å²) in [5.41, 5.74) is -1.40. The van der Waals surface area contributed by atoms with Crippen molar-refractivity contribution in [3.05, 3.63) is 18.2 Å². The Morgan fingerprint density at radius 3 is 2.71 bits per heavy atom. The lowest BCUT2D eigenvalue weighted by Gasteiger charge is -2.32. The summed E-state index contributed by atoms with van der Waals surface area (Å²) in [6.07, 6.45) is 5.45. The number of ether oxygens (including phenoxy) is 1. The molecule has 3 rings (SSSR count). The van der Waals surface area contributed by atoms with E-state index in [0.717, 1.165) is 6.42 Å². The molecule has 0 aromatic carbocycles. The molecule has 7 nitrogen and oxygen atoms in total. The van der Waals surface area contributed by atoms with Gasteiger partial charge in [-0.05, 0) is 19.6 Å². The van der Waals surface area contributed by atoms with Crippen LogP contribution in [0.25, 0.3) is 5.65 Å². The van der Waals surface area contributed by atoms with Crippen LogP contribution in [0.3, 0.4) is 0 Å². The maximum absolute atomic E-state index is 10.1. The molecule has 0 aliphatic carbocycles. The summed E-state index contributed by atoms with van der Waals surface area (Å²) < 4.78 is 7.75. The first-order chi connectivity index (χ1) is 11.5. The molecule has 2 aromatic heterocycles. The summed E-state index contributed by atoms with van der Waals surface area (Å²) in [6, 6.07) is 4.61. The number of hydrogen-bond donors (Lipinski definition) is 0. The quantitative estimate of drug-likeness (QED) is 0.790. The number of thioether (sulfide) groups is 1. The van der Waals surface area contributed by atoms with Crippen LogP contribution >= 0.6 is 11.8 Å². The number of hydrogen-bond acceptors (Lipinski definition) is 7. The van der Waals surface area contributed by atoms with Gasteiger partial charge in [-0.1, -0.05) is 13.8 Å². The number of fused-ring (bicyclic) bond motifs is 1. The lowest BCUT2D eigenvalue weighted by molar-refractivity contribution is -0.0377. The van der Waals surface area contributed by atoms with E-state index in [1.54, 1.807) is 17.6 Å². The Bertz CT molecular complexity index is 868. The molecule has 2 aromatic rings. The zero-order chi connectivity index (χ0) is 17.5. The maximum atomic E-state index is 10.1. The predicted molar refractivity (Wildman–Crippen MR) is 87.9 cm³/mol. The molecular formula is C16H18N6OS. The Morgan fingerprint density at radius 2 is 2.12 bits per heavy atom. The number of aromatic nitrogens is 4. The van der Waals surface area contributed by atoms with Crippen LogP contribution in [0.5, 0.6) is 0 Å². The average Bonchev–Trinajstić information content (AvgIpc) is 3.14. The van der Waals surface area contributed by atoms with E-state index >= 15 is 0 Å². The van der Waals surface area contributed by atoms with Crippen molar-refractivity contribution in [1.29, 1.82) is 10.5 Å². The van der Waals surface area contributed by atoms with Gasteiger partial charge in [0.25, 0.3) is 0 Å². The number of imidazole rings is 1. The Labute approximate surface area is 144 Å². The minimum atomic E-state index is -1.43. The summed E-state index contributed by atoms with van der Waals surface area (Å²) in [6.45, 7) is 5.74. The zero-order valence-corrected chi connectivity index (χ0v) is 14.8. The van der Waals surface area contributed by atoms with Gasteiger partial charge in [-0.3, -0.25) is 0 Å². The molecule has 0 spiro atoms. The van der Waals surface area contributed by atoms with Crippen molar-refractivity contribution in [1.82, 2.24) is 19.6 Å². The highest BCUT2D eigenvalue weighted by atomic mass is 32.2. The van der Waals surface area contributed by atoms with E-state index in [2.05, 4.69) is 27.2 Å². The molecule has 0 bridgehead atoms. The van der Waals surface area contributed by atoms with Crippen molar-refractivity contribution in [3.63, 3.8) is 0 Å². The van der Waals surface area contributed by atoms with Crippen LogP contribution in [-0.4, -0.2) is 31.9 Å². The first-order valence-corrected chi connectivity index (χ1v) is 8.95. The van der Waals surface area contributed by atoms with Gasteiger partial charge in [-0.2, -0.15) is 15.6 Å². The molecule has 0 N–H and O–H groups in total. The van der Waals surface area contributed by atoms with E-state index in [-0.39, 0.29) is 12.0 Å². The molecule has 1 aliphatic heterocycles. The largest absolute Gasteiger partial charge is 0.349 e. The van der Waals surface area contributed by atoms with Gasteiger partial charge >= 0.3 is 0 Å². The first-order valence-electron chi connectivity index (χ1n) is 7.72. The Kier molecular flexibility index (Phi) is 3.98. The predicted octanol–water partition coefficient (Wildman–Crippen LogP) is 2.54. The Morgan fingerprint density at radius 1 is 1.38 bits per heavy atom. The van der Waals surface area contributed by atoms with Crippen molar-refractivity contribution in [2.45, 2.75) is 43.9 Å². The van der Waals surface area contributed by atoms with Crippen LogP contribution in [0.1, 0.15) is 32.9 Å². The highest BCUT2D eigenvalue weighted by molar-refractivity contribution is 7.98. The molecule has 0 unspecified atom stereocenters. The zero-order valence-electron chi connectivity index (χ0n) is 14.0. The van der Waals surface area contributed by atoms with Gasteiger partial charge in [0, 0.05) is 5.92 Å². The third-order valence-electron chi connectivity index (χ3n) is 5.15. The number of rotatable bonds is 3. The Hall–Kier alpha value is -2.16. The van der Waals surface area contributed by atoms with Gasteiger partial charge in [-0.25, -0.2) is 14.5 Å².